The van der Waals surface area contributed by atoms with Gasteiger partial charge in [-0.3, -0.25) is 10.00 Å². The van der Waals surface area contributed by atoms with Crippen LogP contribution < -0.4 is 5.32 Å². The van der Waals surface area contributed by atoms with E-state index in [1.165, 1.54) is 22.0 Å². The third-order valence-corrected chi connectivity index (χ3v) is 3.76. The molecule has 0 aromatic carbocycles. The van der Waals surface area contributed by atoms with Crippen LogP contribution in [0.15, 0.2) is 30.6 Å². The maximum atomic E-state index is 12.7. The van der Waals surface area contributed by atoms with E-state index in [1.54, 1.807) is 12.1 Å². The maximum absolute atomic E-state index is 12.7. The number of nitrogens with one attached hydrogen (secondary N) is 1. The molecule has 1 N–H and O–H groups in total. The Balaban J connectivity index is 1.66. The predicted molar refractivity (Wildman–Crippen MR) is 78.1 cm³/mol. The molecule has 1 fully saturated rings. The van der Waals surface area contributed by atoms with Crippen molar-refractivity contribution in [2.24, 2.45) is 0 Å². The first-order valence-corrected chi connectivity index (χ1v) is 7.39. The number of hydrogen-bond acceptors (Lipinski definition) is 4. The van der Waals surface area contributed by atoms with E-state index in [0.717, 1.165) is 6.07 Å². The van der Waals surface area contributed by atoms with Gasteiger partial charge in [0.1, 0.15) is 0 Å². The largest absolute Gasteiger partial charge is 0.435 e. The van der Waals surface area contributed by atoms with Gasteiger partial charge in [-0.15, -0.1) is 5.10 Å². The lowest BCUT2D eigenvalue weighted by Crippen LogP contribution is -2.43. The fourth-order valence-electron chi connectivity index (χ4n) is 2.60. The van der Waals surface area contributed by atoms with Crippen LogP contribution in [-0.4, -0.2) is 44.0 Å². The first-order valence-electron chi connectivity index (χ1n) is 7.39. The lowest BCUT2D eigenvalue weighted by molar-refractivity contribution is -0.141. The van der Waals surface area contributed by atoms with Crippen molar-refractivity contribution in [3.63, 3.8) is 0 Å². The molecule has 2 aromatic rings. The van der Waals surface area contributed by atoms with Crippen molar-refractivity contribution in [3.8, 4) is 0 Å². The molecule has 2 amide bonds. The number of likely N-dealkylation sites (tertiary alicyclic amines) is 1. The molecule has 1 aliphatic rings. The molecule has 2 aromatic heterocycles. The number of carbonyl (C=O) groups excluding carboxylic acids is 1. The van der Waals surface area contributed by atoms with Gasteiger partial charge in [-0.2, -0.15) is 23.4 Å². The van der Waals surface area contributed by atoms with Gasteiger partial charge in [0.25, 0.3) is 0 Å². The molecule has 128 valence electrons. The number of alkyl halides is 3. The zero-order chi connectivity index (χ0) is 17.2. The first-order chi connectivity index (χ1) is 11.4. The van der Waals surface area contributed by atoms with E-state index in [4.69, 9.17) is 0 Å². The SMILES string of the molecule is O=C(Nc1cccnn1)N1CCC[C@H](n2ccc(C(F)(F)F)n2)C1. The second-order valence-electron chi connectivity index (χ2n) is 5.46. The Morgan fingerprint density at radius 2 is 2.17 bits per heavy atom. The molecule has 1 saturated heterocycles. The van der Waals surface area contributed by atoms with Crippen LogP contribution in [0.3, 0.4) is 0 Å². The maximum Gasteiger partial charge on any atom is 0.435 e. The van der Waals surface area contributed by atoms with Gasteiger partial charge in [-0.1, -0.05) is 0 Å². The summed E-state index contributed by atoms with van der Waals surface area (Å²) < 4.78 is 39.2. The Morgan fingerprint density at radius 1 is 1.33 bits per heavy atom. The van der Waals surface area contributed by atoms with E-state index in [2.05, 4.69) is 20.6 Å². The quantitative estimate of drug-likeness (QED) is 0.912. The minimum absolute atomic E-state index is 0.283. The summed E-state index contributed by atoms with van der Waals surface area (Å²) in [5.74, 6) is 0.322. The fourth-order valence-corrected chi connectivity index (χ4v) is 2.60. The van der Waals surface area contributed by atoms with Crippen LogP contribution in [0.4, 0.5) is 23.8 Å². The molecule has 1 aliphatic heterocycles. The third kappa shape index (κ3) is 3.63. The van der Waals surface area contributed by atoms with Gasteiger partial charge in [0.05, 0.1) is 6.04 Å². The van der Waals surface area contributed by atoms with Crippen LogP contribution in [0.2, 0.25) is 0 Å². The first kappa shape index (κ1) is 16.2. The summed E-state index contributed by atoms with van der Waals surface area (Å²) in [6, 6.07) is 3.55. The molecule has 0 bridgehead atoms. The molecule has 0 aliphatic carbocycles. The second kappa shape index (κ2) is 6.46. The molecule has 1 atom stereocenters. The normalized spacial score (nSPS) is 18.5. The second-order valence-corrected chi connectivity index (χ2v) is 5.46. The molecule has 10 heteroatoms. The van der Waals surface area contributed by atoms with E-state index in [9.17, 15) is 18.0 Å². The number of anilines is 1. The van der Waals surface area contributed by atoms with Gasteiger partial charge in [0.15, 0.2) is 11.5 Å². The minimum Gasteiger partial charge on any atom is -0.322 e. The number of halogens is 3. The van der Waals surface area contributed by atoms with Crippen LogP contribution >= 0.6 is 0 Å². The molecular weight excluding hydrogens is 325 g/mol. The standard InChI is InChI=1S/C14H15F3N6O/c15-14(16,17)11-5-8-23(21-11)10-3-2-7-22(9-10)13(24)19-12-4-1-6-18-20-12/h1,4-6,8,10H,2-3,7,9H2,(H,19,20,24)/t10-/m0/s1. The van der Waals surface area contributed by atoms with Gasteiger partial charge in [0, 0.05) is 25.5 Å². The Morgan fingerprint density at radius 3 is 2.83 bits per heavy atom. The number of rotatable bonds is 2. The highest BCUT2D eigenvalue weighted by atomic mass is 19.4. The van der Waals surface area contributed by atoms with Gasteiger partial charge in [0.2, 0.25) is 0 Å². The number of amides is 2. The number of nitrogens with zero attached hydrogens (tertiary/aromatic N) is 5. The van der Waals surface area contributed by atoms with Gasteiger partial charge in [-0.05, 0) is 31.0 Å². The number of carbonyl (C=O) groups is 1. The van der Waals surface area contributed by atoms with Crippen LogP contribution in [0.5, 0.6) is 0 Å². The summed E-state index contributed by atoms with van der Waals surface area (Å²) in [4.78, 5) is 13.8. The highest BCUT2D eigenvalue weighted by Gasteiger charge is 2.34. The predicted octanol–water partition coefficient (Wildman–Crippen LogP) is 2.56. The van der Waals surface area contributed by atoms with E-state index in [0.29, 0.717) is 25.2 Å². The number of aromatic nitrogens is 4. The third-order valence-electron chi connectivity index (χ3n) is 3.76. The monoisotopic (exact) mass is 340 g/mol. The average molecular weight is 340 g/mol. The molecule has 3 heterocycles. The van der Waals surface area contributed by atoms with Gasteiger partial charge in [-0.25, -0.2) is 4.79 Å². The molecular formula is C14H15F3N6O. The topological polar surface area (TPSA) is 75.9 Å². The van der Waals surface area contributed by atoms with Gasteiger partial charge < -0.3 is 4.90 Å². The highest BCUT2D eigenvalue weighted by Crippen LogP contribution is 2.29. The molecule has 0 radical (unpaired) electrons. The molecule has 24 heavy (non-hydrogen) atoms. The fraction of sp³-hybridized carbons (Fsp3) is 0.429. The lowest BCUT2D eigenvalue weighted by atomic mass is 10.1. The zero-order valence-corrected chi connectivity index (χ0v) is 12.6. The van der Waals surface area contributed by atoms with Gasteiger partial charge >= 0.3 is 12.2 Å². The lowest BCUT2D eigenvalue weighted by Gasteiger charge is -2.32. The highest BCUT2D eigenvalue weighted by molar-refractivity contribution is 5.88. The van der Waals surface area contributed by atoms with Crippen LogP contribution in [-0.2, 0) is 6.18 Å². The van der Waals surface area contributed by atoms with E-state index in [-0.39, 0.29) is 18.6 Å². The smallest absolute Gasteiger partial charge is 0.322 e. The Bertz CT molecular complexity index is 702. The van der Waals surface area contributed by atoms with Crippen molar-refractivity contribution in [2.75, 3.05) is 18.4 Å². The minimum atomic E-state index is -4.47. The Hall–Kier alpha value is -2.65. The van der Waals surface area contributed by atoms with Crippen LogP contribution in [0.25, 0.3) is 0 Å². The Kier molecular flexibility index (Phi) is 4.36. The molecule has 0 unspecified atom stereocenters. The van der Waals surface area contributed by atoms with Crippen molar-refractivity contribution in [3.05, 3.63) is 36.3 Å². The van der Waals surface area contributed by atoms with Crippen molar-refractivity contribution >= 4 is 11.8 Å². The van der Waals surface area contributed by atoms with Crippen molar-refractivity contribution < 1.29 is 18.0 Å². The van der Waals surface area contributed by atoms with E-state index in [1.807, 2.05) is 0 Å². The number of urea groups is 1. The van der Waals surface area contributed by atoms with Crippen molar-refractivity contribution in [1.82, 2.24) is 24.9 Å². The van der Waals surface area contributed by atoms with Crippen LogP contribution in [0, 0.1) is 0 Å². The summed E-state index contributed by atoms with van der Waals surface area (Å²) >= 11 is 0. The number of piperidine rings is 1. The summed E-state index contributed by atoms with van der Waals surface area (Å²) in [7, 11) is 0. The summed E-state index contributed by atoms with van der Waals surface area (Å²) in [5, 5.41) is 13.6. The molecule has 3 rings (SSSR count). The average Bonchev–Trinajstić information content (AvgIpc) is 3.06. The van der Waals surface area contributed by atoms with E-state index < -0.39 is 11.9 Å². The summed E-state index contributed by atoms with van der Waals surface area (Å²) in [6.07, 6.45) is -0.337. The zero-order valence-electron chi connectivity index (χ0n) is 12.6. The van der Waals surface area contributed by atoms with Crippen molar-refractivity contribution in [2.45, 2.75) is 25.1 Å². The van der Waals surface area contributed by atoms with Crippen LogP contribution in [0.1, 0.15) is 24.6 Å². The summed E-state index contributed by atoms with van der Waals surface area (Å²) in [5.41, 5.74) is -0.927. The molecule has 0 saturated carbocycles. The van der Waals surface area contributed by atoms with E-state index >= 15 is 0 Å². The Labute approximate surface area is 135 Å². The summed E-state index contributed by atoms with van der Waals surface area (Å²) in [6.45, 7) is 0.807. The molecule has 0 spiro atoms. The molecule has 7 nitrogen and oxygen atoms in total. The van der Waals surface area contributed by atoms with Crippen molar-refractivity contribution in [1.29, 1.82) is 0 Å². The number of hydrogen-bond donors (Lipinski definition) is 1.